The van der Waals surface area contributed by atoms with Crippen molar-refractivity contribution in [1.82, 2.24) is 0 Å². The van der Waals surface area contributed by atoms with E-state index in [0.29, 0.717) is 0 Å². The number of hydrogen-bond acceptors (Lipinski definition) is 0. The van der Waals surface area contributed by atoms with Crippen LogP contribution in [-0.4, -0.2) is 10.7 Å². The Bertz CT molecular complexity index is 126. The van der Waals surface area contributed by atoms with Crippen LogP contribution in [0.25, 0.3) is 0 Å². The SMILES string of the molecule is C/C=C/CBr.C=CC(=C)CBr.CC. The van der Waals surface area contributed by atoms with Gasteiger partial charge in [0.15, 0.2) is 0 Å². The lowest BCUT2D eigenvalue weighted by molar-refractivity contribution is 1.50. The maximum atomic E-state index is 3.63. The van der Waals surface area contributed by atoms with E-state index in [-0.39, 0.29) is 0 Å². The Morgan fingerprint density at radius 3 is 1.77 bits per heavy atom. The second-order valence-corrected chi connectivity index (χ2v) is 2.93. The summed E-state index contributed by atoms with van der Waals surface area (Å²) in [4.78, 5) is 0. The molecule has 78 valence electrons. The van der Waals surface area contributed by atoms with E-state index in [0.717, 1.165) is 16.2 Å². The first kappa shape index (κ1) is 18.9. The van der Waals surface area contributed by atoms with Gasteiger partial charge >= 0.3 is 0 Å². The fraction of sp³-hybridized carbons (Fsp3) is 0.455. The van der Waals surface area contributed by atoms with E-state index in [1.165, 1.54) is 0 Å². The van der Waals surface area contributed by atoms with Gasteiger partial charge in [-0.2, -0.15) is 0 Å². The highest BCUT2D eigenvalue weighted by Crippen LogP contribution is 1.93. The van der Waals surface area contributed by atoms with Crippen LogP contribution in [0.3, 0.4) is 0 Å². The van der Waals surface area contributed by atoms with Crippen LogP contribution in [0, 0.1) is 0 Å². The molecule has 0 heterocycles. The standard InChI is InChI=1S/C5H7Br.C4H7Br.C2H6/c1-3-5(2)4-6;1-2-3-4-5;1-2/h3H,1-2,4H2;2-3H,4H2,1H3;1-2H3/b;3-2+;. The van der Waals surface area contributed by atoms with Crippen LogP contribution in [-0.2, 0) is 0 Å². The fourth-order valence-electron chi connectivity index (χ4n) is 0.144. The molecule has 0 rings (SSSR count). The minimum absolute atomic E-state index is 0.830. The summed E-state index contributed by atoms with van der Waals surface area (Å²) < 4.78 is 0. The van der Waals surface area contributed by atoms with E-state index in [2.05, 4.69) is 45.0 Å². The summed E-state index contributed by atoms with van der Waals surface area (Å²) in [7, 11) is 0. The molecule has 0 nitrogen and oxygen atoms in total. The van der Waals surface area contributed by atoms with Gasteiger partial charge in [-0.1, -0.05) is 77.1 Å². The third-order valence-electron chi connectivity index (χ3n) is 0.785. The molecule has 0 aliphatic heterocycles. The molecule has 0 bridgehead atoms. The van der Waals surface area contributed by atoms with Crippen molar-refractivity contribution in [3.63, 3.8) is 0 Å². The van der Waals surface area contributed by atoms with Gasteiger partial charge in [0.05, 0.1) is 0 Å². The topological polar surface area (TPSA) is 0 Å². The van der Waals surface area contributed by atoms with Gasteiger partial charge in [-0.25, -0.2) is 0 Å². The molecule has 0 unspecified atom stereocenters. The van der Waals surface area contributed by atoms with E-state index in [1.54, 1.807) is 6.08 Å². The van der Waals surface area contributed by atoms with Crippen LogP contribution >= 0.6 is 31.9 Å². The summed E-state index contributed by atoms with van der Waals surface area (Å²) in [6.45, 7) is 13.1. The average Bonchev–Trinajstić information content (AvgIpc) is 2.22. The zero-order chi connectivity index (χ0) is 11.1. The molecule has 0 N–H and O–H groups in total. The Kier molecular flexibility index (Phi) is 33.0. The maximum absolute atomic E-state index is 3.63. The Morgan fingerprint density at radius 1 is 1.31 bits per heavy atom. The van der Waals surface area contributed by atoms with Crippen LogP contribution in [0.5, 0.6) is 0 Å². The van der Waals surface area contributed by atoms with Gasteiger partial charge < -0.3 is 0 Å². The zero-order valence-electron chi connectivity index (χ0n) is 8.82. The Morgan fingerprint density at radius 2 is 1.77 bits per heavy atom. The first-order valence-corrected chi connectivity index (χ1v) is 6.50. The van der Waals surface area contributed by atoms with Gasteiger partial charge in [-0.3, -0.25) is 0 Å². The largest absolute Gasteiger partial charge is 0.0988 e. The molecule has 0 atom stereocenters. The Labute approximate surface area is 100 Å². The second kappa shape index (κ2) is 22.8. The van der Waals surface area contributed by atoms with E-state index < -0.39 is 0 Å². The normalized spacial score (nSPS) is 7.77. The van der Waals surface area contributed by atoms with Crippen molar-refractivity contribution >= 4 is 31.9 Å². The summed E-state index contributed by atoms with van der Waals surface area (Å²) in [5.41, 5.74) is 1.02. The number of hydrogen-bond donors (Lipinski definition) is 0. The fourth-order valence-corrected chi connectivity index (χ4v) is 0.746. The maximum Gasteiger partial charge on any atom is 0.0276 e. The van der Waals surface area contributed by atoms with E-state index >= 15 is 0 Å². The molecule has 0 amide bonds. The van der Waals surface area contributed by atoms with Crippen LogP contribution in [0.15, 0.2) is 37.0 Å². The molecule has 0 radical (unpaired) electrons. The number of allylic oxidation sites excluding steroid dienone is 4. The van der Waals surface area contributed by atoms with Crippen LogP contribution in [0.2, 0.25) is 0 Å². The molecule has 0 saturated carbocycles. The third-order valence-corrected chi connectivity index (χ3v) is 1.88. The summed E-state index contributed by atoms with van der Waals surface area (Å²) in [6.07, 6.45) is 5.78. The predicted octanol–water partition coefficient (Wildman–Crippen LogP) is 5.11. The van der Waals surface area contributed by atoms with Gasteiger partial charge in [0.1, 0.15) is 0 Å². The van der Waals surface area contributed by atoms with Gasteiger partial charge in [-0.15, -0.1) is 0 Å². The van der Waals surface area contributed by atoms with Crippen molar-refractivity contribution in [2.45, 2.75) is 20.8 Å². The van der Waals surface area contributed by atoms with Gasteiger partial charge in [-0.05, 0) is 12.5 Å². The van der Waals surface area contributed by atoms with Crippen LogP contribution < -0.4 is 0 Å². The highest BCUT2D eigenvalue weighted by Gasteiger charge is 1.74. The molecule has 0 saturated heterocycles. The van der Waals surface area contributed by atoms with Crippen molar-refractivity contribution in [1.29, 1.82) is 0 Å². The van der Waals surface area contributed by atoms with Crippen molar-refractivity contribution in [2.24, 2.45) is 0 Å². The first-order chi connectivity index (χ1) is 6.22. The van der Waals surface area contributed by atoms with Gasteiger partial charge in [0.2, 0.25) is 0 Å². The number of halogens is 2. The Balaban J connectivity index is -0.000000131. The zero-order valence-corrected chi connectivity index (χ0v) is 12.0. The molecular formula is C11H20Br2. The molecule has 0 aromatic carbocycles. The number of alkyl halides is 2. The first-order valence-electron chi connectivity index (χ1n) is 4.26. The molecule has 0 spiro atoms. The van der Waals surface area contributed by atoms with E-state index in [9.17, 15) is 0 Å². The average molecular weight is 312 g/mol. The molecule has 0 aliphatic carbocycles. The Hall–Kier alpha value is 0.180. The monoisotopic (exact) mass is 310 g/mol. The van der Waals surface area contributed by atoms with Crippen molar-refractivity contribution in [3.05, 3.63) is 37.0 Å². The molecule has 0 aliphatic rings. The molecule has 0 aromatic rings. The lowest BCUT2D eigenvalue weighted by atomic mass is 10.4. The quantitative estimate of drug-likeness (QED) is 0.386. The minimum Gasteiger partial charge on any atom is -0.0988 e. The summed E-state index contributed by atoms with van der Waals surface area (Å²) >= 11 is 6.43. The third kappa shape index (κ3) is 33.0. The molecule has 0 fully saturated rings. The highest BCUT2D eigenvalue weighted by atomic mass is 79.9. The van der Waals surface area contributed by atoms with E-state index in [4.69, 9.17) is 0 Å². The molecular weight excluding hydrogens is 292 g/mol. The summed E-state index contributed by atoms with van der Waals surface area (Å²) in [6, 6.07) is 0. The van der Waals surface area contributed by atoms with Crippen molar-refractivity contribution in [2.75, 3.05) is 10.7 Å². The second-order valence-electron chi connectivity index (χ2n) is 1.72. The number of rotatable bonds is 3. The van der Waals surface area contributed by atoms with Crippen molar-refractivity contribution < 1.29 is 0 Å². The summed E-state index contributed by atoms with van der Waals surface area (Å²) in [5, 5.41) is 1.81. The molecule has 0 aromatic heterocycles. The predicted molar refractivity (Wildman–Crippen MR) is 73.1 cm³/mol. The lowest BCUT2D eigenvalue weighted by Crippen LogP contribution is -1.68. The lowest BCUT2D eigenvalue weighted by Gasteiger charge is -1.81. The van der Waals surface area contributed by atoms with Crippen LogP contribution in [0.1, 0.15) is 20.8 Å². The van der Waals surface area contributed by atoms with Gasteiger partial charge in [0, 0.05) is 10.7 Å². The van der Waals surface area contributed by atoms with Crippen LogP contribution in [0.4, 0.5) is 0 Å². The van der Waals surface area contributed by atoms with E-state index in [1.807, 2.05) is 32.9 Å². The smallest absolute Gasteiger partial charge is 0.0276 e. The van der Waals surface area contributed by atoms with Crippen molar-refractivity contribution in [3.8, 4) is 0 Å². The molecule has 2 heteroatoms. The van der Waals surface area contributed by atoms with Gasteiger partial charge in [0.25, 0.3) is 0 Å². The highest BCUT2D eigenvalue weighted by molar-refractivity contribution is 9.09. The summed E-state index contributed by atoms with van der Waals surface area (Å²) in [5.74, 6) is 0. The minimum atomic E-state index is 0.830. The molecule has 13 heavy (non-hydrogen) atoms.